The number of hydrogen-bond donors (Lipinski definition) is 2. The van der Waals surface area contributed by atoms with Crippen LogP contribution in [0.5, 0.6) is 0 Å². The molecule has 0 spiro atoms. The first-order valence-corrected chi connectivity index (χ1v) is 6.94. The number of hydrogen-bond acceptors (Lipinski definition) is 3. The standard InChI is InChI=1S/C16H20N4O/c1-10(2)13-5-7-14(8-6-13)12(4)18-20-16(21)15-9-11(3)17-19-15/h5-10H,1-4H3,(H,17,19)(H,20,21). The second kappa shape index (κ2) is 6.35. The first-order chi connectivity index (χ1) is 9.97. The van der Waals surface area contributed by atoms with Gasteiger partial charge in [-0.15, -0.1) is 0 Å². The normalized spacial score (nSPS) is 11.8. The highest BCUT2D eigenvalue weighted by Gasteiger charge is 2.08. The van der Waals surface area contributed by atoms with E-state index in [-0.39, 0.29) is 5.91 Å². The summed E-state index contributed by atoms with van der Waals surface area (Å²) in [6, 6.07) is 9.87. The third-order valence-corrected chi connectivity index (χ3v) is 3.26. The Labute approximate surface area is 124 Å². The van der Waals surface area contributed by atoms with Crippen molar-refractivity contribution in [2.24, 2.45) is 5.10 Å². The number of hydrazone groups is 1. The molecule has 5 heteroatoms. The Morgan fingerprint density at radius 2 is 1.95 bits per heavy atom. The van der Waals surface area contributed by atoms with Crippen LogP contribution in [0.2, 0.25) is 0 Å². The molecule has 2 aromatic rings. The summed E-state index contributed by atoms with van der Waals surface area (Å²) in [6.45, 7) is 8.01. The monoisotopic (exact) mass is 284 g/mol. The van der Waals surface area contributed by atoms with Gasteiger partial charge in [0.1, 0.15) is 0 Å². The number of rotatable bonds is 4. The maximum atomic E-state index is 11.8. The predicted octanol–water partition coefficient (Wildman–Crippen LogP) is 3.00. The molecule has 0 saturated heterocycles. The van der Waals surface area contributed by atoms with E-state index in [1.165, 1.54) is 5.56 Å². The maximum Gasteiger partial charge on any atom is 0.291 e. The van der Waals surface area contributed by atoms with Crippen LogP contribution in [0.25, 0.3) is 0 Å². The quantitative estimate of drug-likeness (QED) is 0.669. The molecule has 1 aromatic heterocycles. The van der Waals surface area contributed by atoms with Crippen molar-refractivity contribution in [2.45, 2.75) is 33.6 Å². The van der Waals surface area contributed by atoms with Crippen LogP contribution >= 0.6 is 0 Å². The second-order valence-electron chi connectivity index (χ2n) is 5.35. The van der Waals surface area contributed by atoms with E-state index in [4.69, 9.17) is 0 Å². The first kappa shape index (κ1) is 15.0. The average Bonchev–Trinajstić information content (AvgIpc) is 2.91. The Morgan fingerprint density at radius 3 is 2.48 bits per heavy atom. The number of aromatic amines is 1. The molecule has 5 nitrogen and oxygen atoms in total. The molecule has 0 aliphatic rings. The highest BCUT2D eigenvalue weighted by Crippen LogP contribution is 2.15. The van der Waals surface area contributed by atoms with Gasteiger partial charge in [0.2, 0.25) is 0 Å². The summed E-state index contributed by atoms with van der Waals surface area (Å²) < 4.78 is 0. The summed E-state index contributed by atoms with van der Waals surface area (Å²) in [5, 5.41) is 10.7. The molecule has 0 unspecified atom stereocenters. The van der Waals surface area contributed by atoms with Gasteiger partial charge in [0.15, 0.2) is 5.69 Å². The van der Waals surface area contributed by atoms with Crippen molar-refractivity contribution in [1.82, 2.24) is 15.6 Å². The van der Waals surface area contributed by atoms with Crippen LogP contribution in [-0.4, -0.2) is 21.8 Å². The van der Waals surface area contributed by atoms with E-state index in [9.17, 15) is 4.79 Å². The van der Waals surface area contributed by atoms with Gasteiger partial charge in [-0.05, 0) is 37.0 Å². The summed E-state index contributed by atoms with van der Waals surface area (Å²) in [5.74, 6) is 0.177. The molecule has 21 heavy (non-hydrogen) atoms. The van der Waals surface area contributed by atoms with Gasteiger partial charge >= 0.3 is 0 Å². The highest BCUT2D eigenvalue weighted by atomic mass is 16.2. The van der Waals surface area contributed by atoms with Crippen molar-refractivity contribution in [3.05, 3.63) is 52.8 Å². The van der Waals surface area contributed by atoms with Crippen LogP contribution in [0, 0.1) is 6.92 Å². The summed E-state index contributed by atoms with van der Waals surface area (Å²) in [7, 11) is 0. The molecule has 2 rings (SSSR count). The number of amides is 1. The van der Waals surface area contributed by atoms with Crippen LogP contribution < -0.4 is 5.43 Å². The fraction of sp³-hybridized carbons (Fsp3) is 0.312. The Bertz CT molecular complexity index is 653. The molecular formula is C16H20N4O. The zero-order chi connectivity index (χ0) is 15.4. The number of H-pyrrole nitrogens is 1. The number of carbonyl (C=O) groups is 1. The lowest BCUT2D eigenvalue weighted by atomic mass is 10.0. The van der Waals surface area contributed by atoms with Gasteiger partial charge in [0.25, 0.3) is 5.91 Å². The van der Waals surface area contributed by atoms with Gasteiger partial charge in [0, 0.05) is 5.69 Å². The molecule has 1 aromatic carbocycles. The minimum absolute atomic E-state index is 0.322. The van der Waals surface area contributed by atoms with Crippen molar-refractivity contribution in [3.63, 3.8) is 0 Å². The van der Waals surface area contributed by atoms with E-state index in [0.29, 0.717) is 11.6 Å². The number of carbonyl (C=O) groups excluding carboxylic acids is 1. The Kier molecular flexibility index (Phi) is 4.52. The van der Waals surface area contributed by atoms with Crippen LogP contribution in [0.3, 0.4) is 0 Å². The van der Waals surface area contributed by atoms with E-state index in [2.05, 4.69) is 46.7 Å². The minimum atomic E-state index is -0.322. The van der Waals surface area contributed by atoms with Crippen molar-refractivity contribution in [2.75, 3.05) is 0 Å². The number of nitrogens with zero attached hydrogens (tertiary/aromatic N) is 2. The van der Waals surface area contributed by atoms with Crippen LogP contribution in [-0.2, 0) is 0 Å². The van der Waals surface area contributed by atoms with Crippen molar-refractivity contribution in [3.8, 4) is 0 Å². The van der Waals surface area contributed by atoms with E-state index >= 15 is 0 Å². The van der Waals surface area contributed by atoms with Crippen LogP contribution in [0.15, 0.2) is 35.4 Å². The summed E-state index contributed by atoms with van der Waals surface area (Å²) in [4.78, 5) is 11.8. The zero-order valence-electron chi connectivity index (χ0n) is 12.8. The minimum Gasteiger partial charge on any atom is -0.282 e. The molecule has 0 bridgehead atoms. The molecular weight excluding hydrogens is 264 g/mol. The molecule has 0 atom stereocenters. The molecule has 0 radical (unpaired) electrons. The van der Waals surface area contributed by atoms with Gasteiger partial charge < -0.3 is 0 Å². The van der Waals surface area contributed by atoms with Crippen molar-refractivity contribution in [1.29, 1.82) is 0 Å². The molecule has 0 saturated carbocycles. The zero-order valence-corrected chi connectivity index (χ0v) is 12.8. The smallest absolute Gasteiger partial charge is 0.282 e. The number of aromatic nitrogens is 2. The Balaban J connectivity index is 2.05. The second-order valence-corrected chi connectivity index (χ2v) is 5.35. The lowest BCUT2D eigenvalue weighted by Crippen LogP contribution is -2.19. The topological polar surface area (TPSA) is 70.1 Å². The first-order valence-electron chi connectivity index (χ1n) is 6.94. The lowest BCUT2D eigenvalue weighted by Gasteiger charge is -2.06. The Morgan fingerprint density at radius 1 is 1.29 bits per heavy atom. The third-order valence-electron chi connectivity index (χ3n) is 3.26. The summed E-state index contributed by atoms with van der Waals surface area (Å²) in [6.07, 6.45) is 0. The summed E-state index contributed by atoms with van der Waals surface area (Å²) >= 11 is 0. The van der Waals surface area contributed by atoms with Crippen molar-refractivity contribution >= 4 is 11.6 Å². The van der Waals surface area contributed by atoms with E-state index < -0.39 is 0 Å². The number of benzene rings is 1. The molecule has 2 N–H and O–H groups in total. The lowest BCUT2D eigenvalue weighted by molar-refractivity contribution is 0.0950. The van der Waals surface area contributed by atoms with Crippen molar-refractivity contribution < 1.29 is 4.79 Å². The average molecular weight is 284 g/mol. The van der Waals surface area contributed by atoms with Gasteiger partial charge in [-0.25, -0.2) is 5.43 Å². The molecule has 1 amide bonds. The molecule has 0 fully saturated rings. The SMILES string of the molecule is CC(=NNC(=O)c1cc(C)[nH]n1)c1ccc(C(C)C)cc1. The summed E-state index contributed by atoms with van der Waals surface area (Å²) in [5.41, 5.74) is 6.70. The van der Waals surface area contributed by atoms with E-state index in [0.717, 1.165) is 17.0 Å². The van der Waals surface area contributed by atoms with Gasteiger partial charge in [0.05, 0.1) is 5.71 Å². The molecule has 0 aliphatic carbocycles. The van der Waals surface area contributed by atoms with Gasteiger partial charge in [-0.2, -0.15) is 10.2 Å². The fourth-order valence-corrected chi connectivity index (χ4v) is 1.90. The maximum absolute atomic E-state index is 11.8. The fourth-order valence-electron chi connectivity index (χ4n) is 1.90. The molecule has 1 heterocycles. The van der Waals surface area contributed by atoms with Gasteiger partial charge in [-0.3, -0.25) is 9.89 Å². The van der Waals surface area contributed by atoms with Crippen LogP contribution in [0.1, 0.15) is 54.0 Å². The van der Waals surface area contributed by atoms with E-state index in [1.54, 1.807) is 6.07 Å². The Hall–Kier alpha value is -2.43. The highest BCUT2D eigenvalue weighted by molar-refractivity contribution is 6.00. The molecule has 0 aliphatic heterocycles. The number of aryl methyl sites for hydroxylation is 1. The predicted molar refractivity (Wildman–Crippen MR) is 83.5 cm³/mol. The largest absolute Gasteiger partial charge is 0.291 e. The molecule has 110 valence electrons. The van der Waals surface area contributed by atoms with Gasteiger partial charge in [-0.1, -0.05) is 38.1 Å². The van der Waals surface area contributed by atoms with E-state index in [1.807, 2.05) is 26.0 Å². The van der Waals surface area contributed by atoms with Crippen LogP contribution in [0.4, 0.5) is 0 Å². The number of nitrogens with one attached hydrogen (secondary N) is 2. The third kappa shape index (κ3) is 3.78.